The molecule has 1 heterocycles. The van der Waals surface area contributed by atoms with Gasteiger partial charge in [0.25, 0.3) is 0 Å². The SMILES string of the molecule is COc1cc(C)c(F)cc1C1COCCN1. The molecule has 16 heavy (non-hydrogen) atoms. The van der Waals surface area contributed by atoms with E-state index in [0.717, 1.165) is 12.1 Å². The molecule has 1 aliphatic rings. The van der Waals surface area contributed by atoms with E-state index in [0.29, 0.717) is 24.5 Å². The Bertz CT molecular complexity index is 376. The minimum Gasteiger partial charge on any atom is -0.496 e. The first-order chi connectivity index (χ1) is 7.72. The largest absolute Gasteiger partial charge is 0.496 e. The Labute approximate surface area is 94.6 Å². The minimum atomic E-state index is -0.205. The normalized spacial score (nSPS) is 20.8. The molecule has 2 rings (SSSR count). The van der Waals surface area contributed by atoms with Gasteiger partial charge in [-0.3, -0.25) is 0 Å². The quantitative estimate of drug-likeness (QED) is 0.832. The molecule has 1 N–H and O–H groups in total. The molecule has 1 atom stereocenters. The highest BCUT2D eigenvalue weighted by Crippen LogP contribution is 2.29. The first-order valence-electron chi connectivity index (χ1n) is 5.37. The predicted molar refractivity (Wildman–Crippen MR) is 59.3 cm³/mol. The van der Waals surface area contributed by atoms with Crippen molar-refractivity contribution in [2.75, 3.05) is 26.9 Å². The summed E-state index contributed by atoms with van der Waals surface area (Å²) in [6.45, 7) is 3.77. The Balaban J connectivity index is 2.33. The van der Waals surface area contributed by atoms with Gasteiger partial charge in [-0.25, -0.2) is 4.39 Å². The number of hydrogen-bond acceptors (Lipinski definition) is 3. The van der Waals surface area contributed by atoms with E-state index in [1.54, 1.807) is 20.1 Å². The second-order valence-electron chi connectivity index (χ2n) is 3.92. The first kappa shape index (κ1) is 11.4. The average Bonchev–Trinajstić information content (AvgIpc) is 2.33. The monoisotopic (exact) mass is 225 g/mol. The Kier molecular flexibility index (Phi) is 3.41. The van der Waals surface area contributed by atoms with Gasteiger partial charge in [-0.2, -0.15) is 0 Å². The zero-order valence-corrected chi connectivity index (χ0v) is 9.55. The fourth-order valence-electron chi connectivity index (χ4n) is 1.88. The van der Waals surface area contributed by atoms with Gasteiger partial charge in [0.2, 0.25) is 0 Å². The van der Waals surface area contributed by atoms with Crippen LogP contribution >= 0.6 is 0 Å². The highest BCUT2D eigenvalue weighted by Gasteiger charge is 2.20. The van der Waals surface area contributed by atoms with E-state index in [9.17, 15) is 4.39 Å². The third-order valence-electron chi connectivity index (χ3n) is 2.81. The van der Waals surface area contributed by atoms with Crippen molar-refractivity contribution in [1.82, 2.24) is 5.32 Å². The van der Waals surface area contributed by atoms with Gasteiger partial charge in [0, 0.05) is 12.1 Å². The maximum absolute atomic E-state index is 13.5. The van der Waals surface area contributed by atoms with Gasteiger partial charge in [-0.1, -0.05) is 0 Å². The Morgan fingerprint density at radius 2 is 2.31 bits per heavy atom. The number of methoxy groups -OCH3 is 1. The lowest BCUT2D eigenvalue weighted by Crippen LogP contribution is -2.34. The molecule has 0 saturated carbocycles. The summed E-state index contributed by atoms with van der Waals surface area (Å²) < 4.78 is 24.2. The number of rotatable bonds is 2. The highest BCUT2D eigenvalue weighted by atomic mass is 19.1. The van der Waals surface area contributed by atoms with E-state index >= 15 is 0 Å². The zero-order valence-electron chi connectivity index (χ0n) is 9.55. The fourth-order valence-corrected chi connectivity index (χ4v) is 1.88. The molecule has 4 heteroatoms. The summed E-state index contributed by atoms with van der Waals surface area (Å²) in [5, 5.41) is 3.29. The summed E-state index contributed by atoms with van der Waals surface area (Å²) >= 11 is 0. The molecule has 1 aliphatic heterocycles. The molecule has 1 aromatic carbocycles. The van der Waals surface area contributed by atoms with Crippen LogP contribution in [-0.2, 0) is 4.74 Å². The van der Waals surface area contributed by atoms with Gasteiger partial charge in [0.15, 0.2) is 0 Å². The topological polar surface area (TPSA) is 30.5 Å². The maximum atomic E-state index is 13.5. The molecule has 3 nitrogen and oxygen atoms in total. The summed E-state index contributed by atoms with van der Waals surface area (Å²) in [5.41, 5.74) is 1.42. The number of benzene rings is 1. The van der Waals surface area contributed by atoms with Crippen molar-refractivity contribution in [3.63, 3.8) is 0 Å². The van der Waals surface area contributed by atoms with Gasteiger partial charge in [-0.15, -0.1) is 0 Å². The van der Waals surface area contributed by atoms with Crippen LogP contribution in [0.4, 0.5) is 4.39 Å². The van der Waals surface area contributed by atoms with Crippen LogP contribution in [0.2, 0.25) is 0 Å². The number of hydrogen-bond donors (Lipinski definition) is 1. The highest BCUT2D eigenvalue weighted by molar-refractivity contribution is 5.40. The molecule has 0 aliphatic carbocycles. The van der Waals surface area contributed by atoms with Crippen molar-refractivity contribution in [2.24, 2.45) is 0 Å². The van der Waals surface area contributed by atoms with Crippen LogP contribution in [0.25, 0.3) is 0 Å². The minimum absolute atomic E-state index is 0.0128. The summed E-state index contributed by atoms with van der Waals surface area (Å²) in [6, 6.07) is 3.26. The van der Waals surface area contributed by atoms with Crippen LogP contribution in [0.1, 0.15) is 17.2 Å². The lowest BCUT2D eigenvalue weighted by atomic mass is 10.0. The van der Waals surface area contributed by atoms with Crippen LogP contribution in [0.15, 0.2) is 12.1 Å². The number of nitrogens with one attached hydrogen (secondary N) is 1. The van der Waals surface area contributed by atoms with Crippen LogP contribution < -0.4 is 10.1 Å². The second kappa shape index (κ2) is 4.80. The van der Waals surface area contributed by atoms with E-state index in [4.69, 9.17) is 9.47 Å². The number of halogens is 1. The summed E-state index contributed by atoms with van der Waals surface area (Å²) in [7, 11) is 1.60. The molecule has 0 radical (unpaired) electrons. The van der Waals surface area contributed by atoms with Crippen molar-refractivity contribution in [2.45, 2.75) is 13.0 Å². The van der Waals surface area contributed by atoms with Crippen molar-refractivity contribution in [1.29, 1.82) is 0 Å². The van der Waals surface area contributed by atoms with E-state index in [1.807, 2.05) is 0 Å². The maximum Gasteiger partial charge on any atom is 0.126 e. The lowest BCUT2D eigenvalue weighted by molar-refractivity contribution is 0.0759. The molecule has 1 unspecified atom stereocenters. The van der Waals surface area contributed by atoms with Crippen LogP contribution in [0.3, 0.4) is 0 Å². The molecule has 0 spiro atoms. The van der Waals surface area contributed by atoms with Gasteiger partial charge >= 0.3 is 0 Å². The van der Waals surface area contributed by atoms with Crippen molar-refractivity contribution >= 4 is 0 Å². The van der Waals surface area contributed by atoms with Crippen LogP contribution in [-0.4, -0.2) is 26.9 Å². The van der Waals surface area contributed by atoms with E-state index in [-0.39, 0.29) is 11.9 Å². The number of morpholine rings is 1. The standard InChI is InChI=1S/C12H16FNO2/c1-8-5-12(15-2)9(6-10(8)13)11-7-16-4-3-14-11/h5-6,11,14H,3-4,7H2,1-2H3. The van der Waals surface area contributed by atoms with E-state index in [2.05, 4.69) is 5.32 Å². The zero-order chi connectivity index (χ0) is 11.5. The van der Waals surface area contributed by atoms with Crippen LogP contribution in [0.5, 0.6) is 5.75 Å². The Hall–Kier alpha value is -1.13. The Morgan fingerprint density at radius 3 is 2.94 bits per heavy atom. The number of aryl methyl sites for hydroxylation is 1. The van der Waals surface area contributed by atoms with Crippen molar-refractivity contribution in [3.05, 3.63) is 29.1 Å². The second-order valence-corrected chi connectivity index (χ2v) is 3.92. The lowest BCUT2D eigenvalue weighted by Gasteiger charge is -2.25. The van der Waals surface area contributed by atoms with Crippen molar-refractivity contribution in [3.8, 4) is 5.75 Å². The Morgan fingerprint density at radius 1 is 1.50 bits per heavy atom. The van der Waals surface area contributed by atoms with Crippen LogP contribution in [0, 0.1) is 12.7 Å². The summed E-state index contributed by atoms with van der Waals surface area (Å²) in [6.07, 6.45) is 0. The first-order valence-corrected chi connectivity index (χ1v) is 5.37. The molecule has 0 bridgehead atoms. The summed E-state index contributed by atoms with van der Waals surface area (Å²) in [5.74, 6) is 0.505. The average molecular weight is 225 g/mol. The van der Waals surface area contributed by atoms with Gasteiger partial charge < -0.3 is 14.8 Å². The van der Waals surface area contributed by atoms with E-state index < -0.39 is 0 Å². The molecule has 0 amide bonds. The predicted octanol–water partition coefficient (Wildman–Crippen LogP) is 1.80. The van der Waals surface area contributed by atoms with Gasteiger partial charge in [0.05, 0.1) is 26.4 Å². The third kappa shape index (κ3) is 2.18. The smallest absolute Gasteiger partial charge is 0.126 e. The van der Waals surface area contributed by atoms with E-state index in [1.165, 1.54) is 6.07 Å². The molecular formula is C12H16FNO2. The molecule has 1 fully saturated rings. The molecule has 88 valence electrons. The summed E-state index contributed by atoms with van der Waals surface area (Å²) in [4.78, 5) is 0. The van der Waals surface area contributed by atoms with Gasteiger partial charge in [-0.05, 0) is 24.6 Å². The van der Waals surface area contributed by atoms with Gasteiger partial charge in [0.1, 0.15) is 11.6 Å². The molecule has 0 aromatic heterocycles. The molecule has 1 saturated heterocycles. The fraction of sp³-hybridized carbons (Fsp3) is 0.500. The molecular weight excluding hydrogens is 209 g/mol. The number of ether oxygens (including phenoxy) is 2. The third-order valence-corrected chi connectivity index (χ3v) is 2.81. The molecule has 1 aromatic rings. The van der Waals surface area contributed by atoms with Crippen molar-refractivity contribution < 1.29 is 13.9 Å².